The number of piperidine rings is 2. The number of ether oxygens (including phenoxy) is 1. The topological polar surface area (TPSA) is 106 Å². The van der Waals surface area contributed by atoms with E-state index in [2.05, 4.69) is 44.0 Å². The Hall–Kier alpha value is -2.17. The zero-order valence-corrected chi connectivity index (χ0v) is 30.9. The van der Waals surface area contributed by atoms with Crippen LogP contribution in [0.2, 0.25) is 5.02 Å². The van der Waals surface area contributed by atoms with Gasteiger partial charge in [0.2, 0.25) is 11.8 Å². The number of nitrogens with zero attached hydrogens (tertiary/aromatic N) is 3. The van der Waals surface area contributed by atoms with E-state index in [1.165, 1.54) is 16.7 Å². The van der Waals surface area contributed by atoms with E-state index < -0.39 is 12.2 Å². The number of aromatic nitrogens is 1. The second kappa shape index (κ2) is 14.9. The summed E-state index contributed by atoms with van der Waals surface area (Å²) >= 11 is 13.9. The third-order valence-electron chi connectivity index (χ3n) is 10.1. The Labute approximate surface area is 294 Å². The fraction of sp³-hybridized carbons (Fsp3) is 0.600. The SMILES string of the molecule is CC(C)(C)C(CCC(=O)N1CCC(CC(=O)N2CCC(C3c4ncc(Br)cc4CCc4cc(Cl)cc(Br)c43)CC2)CC1)OC(N)=O. The molecule has 2 atom stereocenters. The van der Waals surface area contributed by atoms with Gasteiger partial charge in [0.05, 0.1) is 5.69 Å². The number of hydrogen-bond acceptors (Lipinski definition) is 5. The van der Waals surface area contributed by atoms with Crippen LogP contribution >= 0.6 is 43.5 Å². The molecule has 2 aromatic rings. The van der Waals surface area contributed by atoms with Crippen LogP contribution in [0.5, 0.6) is 0 Å². The lowest BCUT2D eigenvalue weighted by molar-refractivity contribution is -0.135. The predicted molar refractivity (Wildman–Crippen MR) is 187 cm³/mol. The first-order chi connectivity index (χ1) is 21.8. The van der Waals surface area contributed by atoms with Crippen LogP contribution in [-0.2, 0) is 27.2 Å². The van der Waals surface area contributed by atoms with E-state index in [4.69, 9.17) is 27.1 Å². The summed E-state index contributed by atoms with van der Waals surface area (Å²) in [5.74, 6) is 1.07. The maximum atomic E-state index is 13.5. The number of nitrogens with two attached hydrogens (primary N) is 1. The van der Waals surface area contributed by atoms with Gasteiger partial charge in [0, 0.05) is 65.1 Å². The second-order valence-electron chi connectivity index (χ2n) is 14.2. The quantitative estimate of drug-likeness (QED) is 0.311. The van der Waals surface area contributed by atoms with Gasteiger partial charge < -0.3 is 20.3 Å². The summed E-state index contributed by atoms with van der Waals surface area (Å²) < 4.78 is 7.31. The zero-order valence-electron chi connectivity index (χ0n) is 27.0. The van der Waals surface area contributed by atoms with Gasteiger partial charge in [0.1, 0.15) is 6.10 Å². The first-order valence-corrected chi connectivity index (χ1v) is 18.4. The van der Waals surface area contributed by atoms with Gasteiger partial charge in [-0.1, -0.05) is 48.3 Å². The number of primary amides is 1. The van der Waals surface area contributed by atoms with Gasteiger partial charge in [0.25, 0.3) is 0 Å². The van der Waals surface area contributed by atoms with Crippen molar-refractivity contribution in [2.45, 2.75) is 90.6 Å². The van der Waals surface area contributed by atoms with Crippen LogP contribution in [0.1, 0.15) is 94.0 Å². The van der Waals surface area contributed by atoms with Crippen molar-refractivity contribution in [1.82, 2.24) is 14.8 Å². The highest BCUT2D eigenvalue weighted by atomic mass is 79.9. The molecule has 2 unspecified atom stereocenters. The monoisotopic (exact) mass is 778 g/mol. The highest BCUT2D eigenvalue weighted by Gasteiger charge is 2.37. The number of amides is 3. The molecule has 3 amide bonds. The van der Waals surface area contributed by atoms with Crippen LogP contribution < -0.4 is 5.73 Å². The minimum Gasteiger partial charge on any atom is -0.446 e. The molecule has 8 nitrogen and oxygen atoms in total. The predicted octanol–water partition coefficient (Wildman–Crippen LogP) is 7.65. The van der Waals surface area contributed by atoms with E-state index in [1.807, 2.05) is 42.8 Å². The molecule has 2 aliphatic heterocycles. The fourth-order valence-electron chi connectivity index (χ4n) is 7.50. The van der Waals surface area contributed by atoms with E-state index in [9.17, 15) is 14.4 Å². The molecule has 2 saturated heterocycles. The van der Waals surface area contributed by atoms with E-state index in [0.29, 0.717) is 38.3 Å². The summed E-state index contributed by atoms with van der Waals surface area (Å²) in [6, 6.07) is 6.30. The molecule has 1 aliphatic carbocycles. The van der Waals surface area contributed by atoms with Gasteiger partial charge in [-0.15, -0.1) is 0 Å². The van der Waals surface area contributed by atoms with Crippen LogP contribution in [0.4, 0.5) is 4.79 Å². The van der Waals surface area contributed by atoms with Crippen molar-refractivity contribution >= 4 is 61.4 Å². The van der Waals surface area contributed by atoms with Gasteiger partial charge >= 0.3 is 6.09 Å². The van der Waals surface area contributed by atoms with Crippen molar-refractivity contribution in [3.8, 4) is 0 Å². The zero-order chi connectivity index (χ0) is 33.2. The highest BCUT2D eigenvalue weighted by molar-refractivity contribution is 9.10. The highest BCUT2D eigenvalue weighted by Crippen LogP contribution is 2.46. The van der Waals surface area contributed by atoms with E-state index in [-0.39, 0.29) is 29.1 Å². The Morgan fingerprint density at radius 3 is 2.26 bits per heavy atom. The number of carbonyl (C=O) groups is 3. The van der Waals surface area contributed by atoms with Gasteiger partial charge in [-0.05, 0) is 113 Å². The van der Waals surface area contributed by atoms with Crippen LogP contribution in [0, 0.1) is 17.3 Å². The summed E-state index contributed by atoms with van der Waals surface area (Å²) in [6.45, 7) is 8.69. The van der Waals surface area contributed by atoms with Gasteiger partial charge in [-0.25, -0.2) is 4.79 Å². The van der Waals surface area contributed by atoms with Gasteiger partial charge in [-0.2, -0.15) is 0 Å². The lowest BCUT2D eigenvalue weighted by atomic mass is 9.76. The lowest BCUT2D eigenvalue weighted by Crippen LogP contribution is -2.43. The molecule has 2 fully saturated rings. The second-order valence-corrected chi connectivity index (χ2v) is 16.4. The van der Waals surface area contributed by atoms with Crippen molar-refractivity contribution in [3.05, 3.63) is 60.7 Å². The van der Waals surface area contributed by atoms with Gasteiger partial charge in [-0.3, -0.25) is 14.6 Å². The Morgan fingerprint density at radius 2 is 1.61 bits per heavy atom. The minimum absolute atomic E-state index is 0.0617. The van der Waals surface area contributed by atoms with E-state index >= 15 is 0 Å². The molecule has 0 saturated carbocycles. The molecule has 46 heavy (non-hydrogen) atoms. The van der Waals surface area contributed by atoms with Crippen LogP contribution in [0.3, 0.4) is 0 Å². The Morgan fingerprint density at radius 1 is 0.978 bits per heavy atom. The third-order valence-corrected chi connectivity index (χ3v) is 11.4. The maximum Gasteiger partial charge on any atom is 0.404 e. The number of fused-ring (bicyclic) bond motifs is 2. The van der Waals surface area contributed by atoms with Crippen molar-refractivity contribution in [2.75, 3.05) is 26.2 Å². The van der Waals surface area contributed by atoms with Crippen molar-refractivity contribution in [2.24, 2.45) is 23.0 Å². The summed E-state index contributed by atoms with van der Waals surface area (Å²) in [7, 11) is 0. The summed E-state index contributed by atoms with van der Waals surface area (Å²) in [6.07, 6.45) is 7.26. The first-order valence-electron chi connectivity index (χ1n) is 16.4. The molecule has 250 valence electrons. The standard InChI is InChI=1S/C35H45Br2ClN4O4/c1-35(2,3)28(46-34(39)45)6-7-29(43)41-12-8-21(9-13-41)16-30(44)42-14-10-22(11-15-42)32-31-23(18-26(38)19-27(31)37)4-5-24-17-25(36)20-40-33(24)32/h17-22,28,32H,4-16H2,1-3H3,(H2,39,45). The smallest absolute Gasteiger partial charge is 0.404 e. The normalized spacial score (nSPS) is 20.0. The molecule has 3 aliphatic rings. The number of likely N-dealkylation sites (tertiary alicyclic amines) is 2. The molecule has 11 heteroatoms. The summed E-state index contributed by atoms with van der Waals surface area (Å²) in [4.78, 5) is 46.6. The third kappa shape index (κ3) is 8.45. The molecule has 1 aromatic carbocycles. The Balaban J connectivity index is 1.15. The number of halogens is 3. The van der Waals surface area contributed by atoms with Gasteiger partial charge in [0.15, 0.2) is 0 Å². The van der Waals surface area contributed by atoms with Crippen molar-refractivity contribution < 1.29 is 19.1 Å². The van der Waals surface area contributed by atoms with E-state index in [0.717, 1.165) is 71.3 Å². The van der Waals surface area contributed by atoms with Crippen LogP contribution in [-0.4, -0.2) is 65.0 Å². The number of hydrogen-bond donors (Lipinski definition) is 1. The molecular weight excluding hydrogens is 736 g/mol. The summed E-state index contributed by atoms with van der Waals surface area (Å²) in [5, 5.41) is 0.740. The Kier molecular flexibility index (Phi) is 11.4. The number of rotatable bonds is 7. The van der Waals surface area contributed by atoms with Crippen LogP contribution in [0.25, 0.3) is 0 Å². The first kappa shape index (κ1) is 35.1. The molecule has 2 N–H and O–H groups in total. The molecule has 0 radical (unpaired) electrons. The molecule has 1 aromatic heterocycles. The summed E-state index contributed by atoms with van der Waals surface area (Å²) in [5.41, 5.74) is 9.92. The average Bonchev–Trinajstić information content (AvgIpc) is 3.15. The molecule has 0 bridgehead atoms. The fourth-order valence-corrected chi connectivity index (χ4v) is 9.00. The number of aryl methyl sites for hydroxylation is 2. The maximum absolute atomic E-state index is 13.5. The molecule has 0 spiro atoms. The molecular formula is C35H45Br2ClN4O4. The van der Waals surface area contributed by atoms with Crippen molar-refractivity contribution in [1.29, 1.82) is 0 Å². The largest absolute Gasteiger partial charge is 0.446 e. The number of pyridine rings is 1. The molecule has 3 heterocycles. The average molecular weight is 781 g/mol. The van der Waals surface area contributed by atoms with Crippen molar-refractivity contribution in [3.63, 3.8) is 0 Å². The minimum atomic E-state index is -0.814. The number of benzene rings is 1. The van der Waals surface area contributed by atoms with Crippen LogP contribution in [0.15, 0.2) is 33.3 Å². The number of carbonyl (C=O) groups excluding carboxylic acids is 3. The lowest BCUT2D eigenvalue weighted by Gasteiger charge is -2.38. The van der Waals surface area contributed by atoms with E-state index in [1.54, 1.807) is 0 Å². The molecule has 5 rings (SSSR count). The Bertz CT molecular complexity index is 1450.